The Kier molecular flexibility index (Phi) is 6.37. The van der Waals surface area contributed by atoms with E-state index in [-0.39, 0.29) is 0 Å². The number of hydrazone groups is 1. The van der Waals surface area contributed by atoms with Crippen LogP contribution in [0.5, 0.6) is 0 Å². The minimum Gasteiger partial charge on any atom is -0.348 e. The molecule has 2 rings (SSSR count). The SMILES string of the molecule is Cc1cccc(C)c1NC(=S)N/N=C\c1cc(C)n(CC(C)C)c1C. The van der Waals surface area contributed by atoms with Crippen LogP contribution in [0.15, 0.2) is 29.4 Å². The van der Waals surface area contributed by atoms with Crippen LogP contribution in [0.1, 0.15) is 41.9 Å². The van der Waals surface area contributed by atoms with Crippen molar-refractivity contribution in [2.45, 2.75) is 48.1 Å². The zero-order chi connectivity index (χ0) is 18.6. The second kappa shape index (κ2) is 8.30. The number of aryl methyl sites for hydroxylation is 3. The van der Waals surface area contributed by atoms with E-state index in [0.29, 0.717) is 11.0 Å². The molecule has 0 fully saturated rings. The van der Waals surface area contributed by atoms with Crippen molar-refractivity contribution in [1.82, 2.24) is 9.99 Å². The number of hydrogen-bond acceptors (Lipinski definition) is 2. The molecule has 0 spiro atoms. The number of nitrogens with one attached hydrogen (secondary N) is 2. The molecule has 2 aromatic rings. The van der Waals surface area contributed by atoms with Crippen molar-refractivity contribution < 1.29 is 0 Å². The van der Waals surface area contributed by atoms with Crippen molar-refractivity contribution >= 4 is 29.2 Å². The van der Waals surface area contributed by atoms with Gasteiger partial charge in [-0.15, -0.1) is 0 Å². The molecular formula is C20H28N4S. The van der Waals surface area contributed by atoms with Crippen molar-refractivity contribution in [2.75, 3.05) is 5.32 Å². The van der Waals surface area contributed by atoms with Crippen molar-refractivity contribution in [1.29, 1.82) is 0 Å². The summed E-state index contributed by atoms with van der Waals surface area (Å²) in [6.07, 6.45) is 1.83. The molecule has 0 amide bonds. The molecule has 0 atom stereocenters. The van der Waals surface area contributed by atoms with Gasteiger partial charge in [-0.3, -0.25) is 5.43 Å². The summed E-state index contributed by atoms with van der Waals surface area (Å²) in [4.78, 5) is 0. The Morgan fingerprint density at radius 1 is 1.20 bits per heavy atom. The summed E-state index contributed by atoms with van der Waals surface area (Å²) in [5.74, 6) is 0.613. The Hall–Kier alpha value is -2.14. The van der Waals surface area contributed by atoms with E-state index in [2.05, 4.69) is 80.2 Å². The Bertz CT molecular complexity index is 767. The topological polar surface area (TPSA) is 41.4 Å². The lowest BCUT2D eigenvalue weighted by Gasteiger charge is -2.12. The van der Waals surface area contributed by atoms with Crippen LogP contribution in [0.25, 0.3) is 0 Å². The van der Waals surface area contributed by atoms with Gasteiger partial charge >= 0.3 is 0 Å². The molecule has 2 N–H and O–H groups in total. The van der Waals surface area contributed by atoms with E-state index in [1.54, 1.807) is 0 Å². The van der Waals surface area contributed by atoms with E-state index in [1.165, 1.54) is 11.4 Å². The van der Waals surface area contributed by atoms with Gasteiger partial charge in [-0.05, 0) is 63.0 Å². The van der Waals surface area contributed by atoms with Crippen LogP contribution in [0.2, 0.25) is 0 Å². The Labute approximate surface area is 156 Å². The number of hydrogen-bond donors (Lipinski definition) is 2. The molecule has 4 nitrogen and oxygen atoms in total. The molecule has 0 bridgehead atoms. The minimum absolute atomic E-state index is 0.490. The largest absolute Gasteiger partial charge is 0.348 e. The molecule has 0 saturated heterocycles. The van der Waals surface area contributed by atoms with Gasteiger partial charge in [0.05, 0.1) is 6.21 Å². The zero-order valence-corrected chi connectivity index (χ0v) is 16.8. The van der Waals surface area contributed by atoms with Gasteiger partial charge in [0.2, 0.25) is 0 Å². The Morgan fingerprint density at radius 2 is 1.84 bits per heavy atom. The molecule has 0 radical (unpaired) electrons. The molecule has 5 heteroatoms. The number of nitrogens with zero attached hydrogens (tertiary/aromatic N) is 2. The van der Waals surface area contributed by atoms with E-state index >= 15 is 0 Å². The summed E-state index contributed by atoms with van der Waals surface area (Å²) in [6, 6.07) is 8.32. The molecule has 0 unspecified atom stereocenters. The number of anilines is 1. The highest BCUT2D eigenvalue weighted by atomic mass is 32.1. The fourth-order valence-electron chi connectivity index (χ4n) is 2.92. The first-order valence-corrected chi connectivity index (χ1v) is 9.03. The van der Waals surface area contributed by atoms with Crippen LogP contribution in [-0.4, -0.2) is 15.9 Å². The molecule has 134 valence electrons. The Morgan fingerprint density at radius 3 is 2.44 bits per heavy atom. The fourth-order valence-corrected chi connectivity index (χ4v) is 3.07. The highest BCUT2D eigenvalue weighted by Crippen LogP contribution is 2.19. The number of thiocarbonyl (C=S) groups is 1. The number of aromatic nitrogens is 1. The average Bonchev–Trinajstić information content (AvgIpc) is 2.78. The summed E-state index contributed by atoms with van der Waals surface area (Å²) in [7, 11) is 0. The predicted octanol–water partition coefficient (Wildman–Crippen LogP) is 4.70. The maximum atomic E-state index is 5.35. The van der Waals surface area contributed by atoms with Gasteiger partial charge in [0.15, 0.2) is 5.11 Å². The van der Waals surface area contributed by atoms with E-state index < -0.39 is 0 Å². The molecule has 1 aromatic heterocycles. The van der Waals surface area contributed by atoms with Crippen molar-refractivity contribution in [2.24, 2.45) is 11.0 Å². The molecular weight excluding hydrogens is 328 g/mol. The zero-order valence-electron chi connectivity index (χ0n) is 16.0. The van der Waals surface area contributed by atoms with E-state index in [1.807, 2.05) is 12.3 Å². The quantitative estimate of drug-likeness (QED) is 0.463. The summed E-state index contributed by atoms with van der Waals surface area (Å²) in [6.45, 7) is 13.9. The van der Waals surface area contributed by atoms with Gasteiger partial charge in [-0.25, -0.2) is 0 Å². The molecule has 0 aliphatic carbocycles. The fraction of sp³-hybridized carbons (Fsp3) is 0.400. The van der Waals surface area contributed by atoms with Gasteiger partial charge in [0.1, 0.15) is 0 Å². The first-order chi connectivity index (χ1) is 11.8. The van der Waals surface area contributed by atoms with Crippen LogP contribution >= 0.6 is 12.2 Å². The highest BCUT2D eigenvalue weighted by Gasteiger charge is 2.09. The van der Waals surface area contributed by atoms with Crippen molar-refractivity contribution in [3.8, 4) is 0 Å². The molecule has 0 saturated carbocycles. The summed E-state index contributed by atoms with van der Waals surface area (Å²) in [5, 5.41) is 8.01. The van der Waals surface area contributed by atoms with Gasteiger partial charge in [-0.2, -0.15) is 5.10 Å². The first-order valence-electron chi connectivity index (χ1n) is 8.62. The van der Waals surface area contributed by atoms with E-state index in [0.717, 1.165) is 28.9 Å². The van der Waals surface area contributed by atoms with Crippen LogP contribution in [0.3, 0.4) is 0 Å². The van der Waals surface area contributed by atoms with Crippen molar-refractivity contribution in [3.05, 3.63) is 52.3 Å². The summed E-state index contributed by atoms with van der Waals surface area (Å²) < 4.78 is 2.33. The number of rotatable bonds is 5. The minimum atomic E-state index is 0.490. The maximum Gasteiger partial charge on any atom is 0.191 e. The monoisotopic (exact) mass is 356 g/mol. The van der Waals surface area contributed by atoms with Gasteiger partial charge in [-0.1, -0.05) is 32.0 Å². The average molecular weight is 357 g/mol. The maximum absolute atomic E-state index is 5.35. The number of para-hydroxylation sites is 1. The lowest BCUT2D eigenvalue weighted by molar-refractivity contribution is 0.509. The molecule has 1 heterocycles. The predicted molar refractivity (Wildman–Crippen MR) is 112 cm³/mol. The summed E-state index contributed by atoms with van der Waals surface area (Å²) >= 11 is 5.35. The molecule has 1 aromatic carbocycles. The lowest BCUT2D eigenvalue weighted by atomic mass is 10.1. The molecule has 0 aliphatic heterocycles. The Balaban J connectivity index is 2.02. The van der Waals surface area contributed by atoms with Crippen LogP contribution in [0, 0.1) is 33.6 Å². The standard InChI is InChI=1S/C20H28N4S/c1-13(2)12-24-16(5)10-18(17(24)6)11-21-23-20(25)22-19-14(3)8-7-9-15(19)4/h7-11,13H,12H2,1-6H3,(H2,22,23,25)/b21-11-. The lowest BCUT2D eigenvalue weighted by Crippen LogP contribution is -2.24. The van der Waals surface area contributed by atoms with Crippen molar-refractivity contribution in [3.63, 3.8) is 0 Å². The smallest absolute Gasteiger partial charge is 0.191 e. The number of benzene rings is 1. The van der Waals surface area contributed by atoms with Gasteiger partial charge in [0.25, 0.3) is 0 Å². The van der Waals surface area contributed by atoms with Gasteiger partial charge < -0.3 is 9.88 Å². The third-order valence-corrected chi connectivity index (χ3v) is 4.44. The second-order valence-electron chi connectivity index (χ2n) is 6.92. The first kappa shape index (κ1) is 19.2. The van der Waals surface area contributed by atoms with Gasteiger partial charge in [0, 0.05) is 29.2 Å². The summed E-state index contributed by atoms with van der Waals surface area (Å²) in [5.41, 5.74) is 9.85. The van der Waals surface area contributed by atoms with Crippen LogP contribution in [-0.2, 0) is 6.54 Å². The third kappa shape index (κ3) is 4.92. The van der Waals surface area contributed by atoms with E-state index in [4.69, 9.17) is 12.2 Å². The van der Waals surface area contributed by atoms with Crippen LogP contribution in [0.4, 0.5) is 5.69 Å². The normalized spacial score (nSPS) is 11.3. The molecule has 25 heavy (non-hydrogen) atoms. The van der Waals surface area contributed by atoms with E-state index in [9.17, 15) is 0 Å². The molecule has 0 aliphatic rings. The van der Waals surface area contributed by atoms with Crippen LogP contribution < -0.4 is 10.7 Å². The highest BCUT2D eigenvalue weighted by molar-refractivity contribution is 7.80. The third-order valence-electron chi connectivity index (χ3n) is 4.25. The second-order valence-corrected chi connectivity index (χ2v) is 7.33.